The number of hydrogen-bond donors (Lipinski definition) is 2. The summed E-state index contributed by atoms with van der Waals surface area (Å²) in [6, 6.07) is -0.193. The Bertz CT molecular complexity index is 311. The lowest BCUT2D eigenvalue weighted by Crippen LogP contribution is -2.34. The van der Waals surface area contributed by atoms with Crippen LogP contribution in [0.15, 0.2) is 0 Å². The normalized spacial score (nSPS) is 27.8. The van der Waals surface area contributed by atoms with Crippen molar-refractivity contribution in [1.29, 1.82) is 0 Å². The van der Waals surface area contributed by atoms with Crippen molar-refractivity contribution in [2.24, 2.45) is 5.92 Å². The van der Waals surface area contributed by atoms with Gasteiger partial charge in [-0.1, -0.05) is 0 Å². The molecule has 0 bridgehead atoms. The van der Waals surface area contributed by atoms with Gasteiger partial charge < -0.3 is 5.11 Å². The molecule has 2 atom stereocenters. The highest BCUT2D eigenvalue weighted by Crippen LogP contribution is 2.25. The molecular formula is C8H15NO4S. The van der Waals surface area contributed by atoms with E-state index in [0.29, 0.717) is 19.3 Å². The lowest BCUT2D eigenvalue weighted by Gasteiger charge is -2.11. The molecule has 0 unspecified atom stereocenters. The second-order valence-electron chi connectivity index (χ2n) is 3.57. The number of sulfonamides is 1. The molecule has 0 aromatic heterocycles. The molecule has 0 aliphatic heterocycles. The highest BCUT2D eigenvalue weighted by atomic mass is 32.2. The van der Waals surface area contributed by atoms with Crippen LogP contribution >= 0.6 is 0 Å². The molecule has 2 N–H and O–H groups in total. The largest absolute Gasteiger partial charge is 0.481 e. The first-order chi connectivity index (χ1) is 6.44. The van der Waals surface area contributed by atoms with Crippen LogP contribution in [0.5, 0.6) is 0 Å². The zero-order valence-electron chi connectivity index (χ0n) is 8.06. The predicted octanol–water partition coefficient (Wildman–Crippen LogP) is 0.179. The third-order valence-corrected chi connectivity index (χ3v) is 3.96. The topological polar surface area (TPSA) is 83.5 Å². The summed E-state index contributed by atoms with van der Waals surface area (Å²) in [5.41, 5.74) is 0. The van der Waals surface area contributed by atoms with E-state index in [0.717, 1.165) is 0 Å². The Hall–Kier alpha value is -0.620. The minimum absolute atomic E-state index is 0.0429. The van der Waals surface area contributed by atoms with E-state index < -0.39 is 16.0 Å². The van der Waals surface area contributed by atoms with E-state index in [4.69, 9.17) is 5.11 Å². The van der Waals surface area contributed by atoms with Crippen molar-refractivity contribution in [1.82, 2.24) is 4.72 Å². The van der Waals surface area contributed by atoms with Crippen molar-refractivity contribution in [2.75, 3.05) is 5.75 Å². The number of carboxylic acid groups (broad SMARTS) is 1. The van der Waals surface area contributed by atoms with Gasteiger partial charge in [-0.2, -0.15) is 0 Å². The molecule has 5 nitrogen and oxygen atoms in total. The first-order valence-corrected chi connectivity index (χ1v) is 6.32. The van der Waals surface area contributed by atoms with Crippen molar-refractivity contribution in [2.45, 2.75) is 32.2 Å². The second-order valence-corrected chi connectivity index (χ2v) is 5.61. The fraction of sp³-hybridized carbons (Fsp3) is 0.875. The number of carboxylic acids is 1. The zero-order valence-corrected chi connectivity index (χ0v) is 8.88. The van der Waals surface area contributed by atoms with Crippen molar-refractivity contribution in [3.8, 4) is 0 Å². The maximum Gasteiger partial charge on any atom is 0.306 e. The molecule has 1 rings (SSSR count). The number of aliphatic carboxylic acids is 1. The summed E-state index contributed by atoms with van der Waals surface area (Å²) in [6.07, 6.45) is 1.59. The van der Waals surface area contributed by atoms with Crippen molar-refractivity contribution >= 4 is 16.0 Å². The number of hydrogen-bond acceptors (Lipinski definition) is 3. The molecule has 1 aliphatic carbocycles. The van der Waals surface area contributed by atoms with Crippen molar-refractivity contribution < 1.29 is 18.3 Å². The summed E-state index contributed by atoms with van der Waals surface area (Å²) >= 11 is 0. The Morgan fingerprint density at radius 1 is 1.50 bits per heavy atom. The van der Waals surface area contributed by atoms with Gasteiger partial charge in [0.25, 0.3) is 0 Å². The third kappa shape index (κ3) is 2.95. The van der Waals surface area contributed by atoms with E-state index in [1.807, 2.05) is 0 Å². The Balaban J connectivity index is 2.48. The van der Waals surface area contributed by atoms with Crippen LogP contribution in [0.4, 0.5) is 0 Å². The van der Waals surface area contributed by atoms with Gasteiger partial charge in [-0.25, -0.2) is 13.1 Å². The summed E-state index contributed by atoms with van der Waals surface area (Å²) in [5.74, 6) is -1.18. The molecule has 1 fully saturated rings. The molecule has 0 amide bonds. The fourth-order valence-electron chi connectivity index (χ4n) is 1.65. The minimum Gasteiger partial charge on any atom is -0.481 e. The van der Waals surface area contributed by atoms with Gasteiger partial charge in [-0.3, -0.25) is 4.79 Å². The number of rotatable bonds is 4. The Labute approximate surface area is 83.6 Å². The predicted molar refractivity (Wildman–Crippen MR) is 51.4 cm³/mol. The van der Waals surface area contributed by atoms with E-state index in [1.165, 1.54) is 0 Å². The van der Waals surface area contributed by atoms with Gasteiger partial charge in [0.15, 0.2) is 0 Å². The summed E-state index contributed by atoms with van der Waals surface area (Å²) in [5, 5.41) is 8.71. The van der Waals surface area contributed by atoms with Crippen LogP contribution in [0.3, 0.4) is 0 Å². The first-order valence-electron chi connectivity index (χ1n) is 4.67. The van der Waals surface area contributed by atoms with Crippen molar-refractivity contribution in [3.05, 3.63) is 0 Å². The summed E-state index contributed by atoms with van der Waals surface area (Å²) in [4.78, 5) is 10.6. The standard InChI is InChI=1S/C8H15NO4S/c1-2-14(12,13)9-7-4-3-6(5-7)8(10)11/h6-7,9H,2-5H2,1H3,(H,10,11)/t6-,7+/m0/s1. The average Bonchev–Trinajstić information content (AvgIpc) is 2.52. The van der Waals surface area contributed by atoms with Gasteiger partial charge in [0.05, 0.1) is 11.7 Å². The molecule has 82 valence electrons. The molecule has 14 heavy (non-hydrogen) atoms. The molecule has 6 heteroatoms. The molecule has 0 aromatic carbocycles. The van der Waals surface area contributed by atoms with E-state index in [2.05, 4.69) is 4.72 Å². The monoisotopic (exact) mass is 221 g/mol. The van der Waals surface area contributed by atoms with Crippen molar-refractivity contribution in [3.63, 3.8) is 0 Å². The molecular weight excluding hydrogens is 206 g/mol. The molecule has 0 radical (unpaired) electrons. The van der Waals surface area contributed by atoms with Gasteiger partial charge in [-0.05, 0) is 26.2 Å². The first kappa shape index (κ1) is 11.5. The van der Waals surface area contributed by atoms with Crippen LogP contribution in [0.1, 0.15) is 26.2 Å². The molecule has 0 saturated heterocycles. The number of nitrogens with one attached hydrogen (secondary N) is 1. The highest BCUT2D eigenvalue weighted by molar-refractivity contribution is 7.89. The van der Waals surface area contributed by atoms with Crippen LogP contribution < -0.4 is 4.72 Å². The summed E-state index contributed by atoms with van der Waals surface area (Å²) in [7, 11) is -3.19. The lowest BCUT2D eigenvalue weighted by molar-refractivity contribution is -0.141. The Morgan fingerprint density at radius 3 is 2.57 bits per heavy atom. The highest BCUT2D eigenvalue weighted by Gasteiger charge is 2.31. The SMILES string of the molecule is CCS(=O)(=O)N[C@@H]1CC[C@H](C(=O)O)C1. The zero-order chi connectivity index (χ0) is 10.8. The van der Waals surface area contributed by atoms with Crippen LogP contribution in [0.25, 0.3) is 0 Å². The smallest absolute Gasteiger partial charge is 0.306 e. The van der Waals surface area contributed by atoms with Gasteiger partial charge >= 0.3 is 5.97 Å². The minimum atomic E-state index is -3.19. The second kappa shape index (κ2) is 4.27. The quantitative estimate of drug-likeness (QED) is 0.709. The van der Waals surface area contributed by atoms with E-state index in [9.17, 15) is 13.2 Å². The van der Waals surface area contributed by atoms with Crippen LogP contribution in [0, 0.1) is 5.92 Å². The molecule has 1 saturated carbocycles. The number of carbonyl (C=O) groups is 1. The van der Waals surface area contributed by atoms with Gasteiger partial charge in [-0.15, -0.1) is 0 Å². The average molecular weight is 221 g/mol. The van der Waals surface area contributed by atoms with Crippen LogP contribution in [0.2, 0.25) is 0 Å². The molecule has 0 aromatic rings. The van der Waals surface area contributed by atoms with E-state index in [-0.39, 0.29) is 17.7 Å². The fourth-order valence-corrected chi connectivity index (χ4v) is 2.54. The van der Waals surface area contributed by atoms with Gasteiger partial charge in [0.2, 0.25) is 10.0 Å². The molecule has 0 spiro atoms. The van der Waals surface area contributed by atoms with Gasteiger partial charge in [0.1, 0.15) is 0 Å². The van der Waals surface area contributed by atoms with E-state index in [1.54, 1.807) is 6.92 Å². The van der Waals surface area contributed by atoms with Crippen LogP contribution in [-0.2, 0) is 14.8 Å². The van der Waals surface area contributed by atoms with E-state index >= 15 is 0 Å². The summed E-state index contributed by atoms with van der Waals surface area (Å²) < 4.78 is 24.8. The Morgan fingerprint density at radius 2 is 2.14 bits per heavy atom. The molecule has 1 aliphatic rings. The maximum absolute atomic E-state index is 11.2. The van der Waals surface area contributed by atoms with Crippen LogP contribution in [-0.4, -0.2) is 31.3 Å². The lowest BCUT2D eigenvalue weighted by atomic mass is 10.1. The summed E-state index contributed by atoms with van der Waals surface area (Å²) in [6.45, 7) is 1.56. The Kier molecular flexibility index (Phi) is 3.49. The third-order valence-electron chi connectivity index (χ3n) is 2.51. The molecule has 0 heterocycles. The maximum atomic E-state index is 11.2. The van der Waals surface area contributed by atoms with Gasteiger partial charge in [0, 0.05) is 6.04 Å².